The second-order valence-electron chi connectivity index (χ2n) is 7.81. The van der Waals surface area contributed by atoms with Crippen LogP contribution >= 0.6 is 0 Å². The zero-order chi connectivity index (χ0) is 21.3. The number of benzene rings is 2. The molecule has 0 aliphatic heterocycles. The Morgan fingerprint density at radius 2 is 1.33 bits per heavy atom. The molecule has 0 saturated carbocycles. The molecule has 0 amide bonds. The topological polar surface area (TPSA) is 25.8 Å². The van der Waals surface area contributed by atoms with E-state index < -0.39 is 11.6 Å². The van der Waals surface area contributed by atoms with Crippen molar-refractivity contribution in [1.29, 1.82) is 0 Å². The van der Waals surface area contributed by atoms with Gasteiger partial charge in [-0.3, -0.25) is 0 Å². The first-order valence-electron chi connectivity index (χ1n) is 11.0. The number of nitrogens with zero attached hydrogens (tertiary/aromatic N) is 2. The Morgan fingerprint density at radius 3 is 2.00 bits per heavy atom. The minimum atomic E-state index is -0.784. The van der Waals surface area contributed by atoms with Gasteiger partial charge in [0, 0.05) is 23.5 Å². The lowest BCUT2D eigenvalue weighted by Gasteiger charge is -2.09. The Morgan fingerprint density at radius 1 is 0.667 bits per heavy atom. The van der Waals surface area contributed by atoms with Crippen LogP contribution < -0.4 is 0 Å². The van der Waals surface area contributed by atoms with E-state index in [2.05, 4.69) is 16.9 Å². The van der Waals surface area contributed by atoms with Crippen LogP contribution in [0.1, 0.15) is 63.5 Å². The quantitative estimate of drug-likeness (QED) is 0.324. The van der Waals surface area contributed by atoms with Gasteiger partial charge in [-0.25, -0.2) is 18.7 Å². The van der Waals surface area contributed by atoms with Gasteiger partial charge in [0.25, 0.3) is 0 Å². The second-order valence-corrected chi connectivity index (χ2v) is 7.81. The molecule has 30 heavy (non-hydrogen) atoms. The highest BCUT2D eigenvalue weighted by molar-refractivity contribution is 5.68. The summed E-state index contributed by atoms with van der Waals surface area (Å²) in [6.07, 6.45) is 12.3. The molecule has 0 unspecified atom stereocenters. The predicted octanol–water partition coefficient (Wildman–Crippen LogP) is 7.55. The molecule has 0 atom stereocenters. The van der Waals surface area contributed by atoms with Crippen molar-refractivity contribution in [3.05, 3.63) is 71.6 Å². The average Bonchev–Trinajstić information content (AvgIpc) is 2.78. The Labute approximate surface area is 178 Å². The number of rotatable bonds is 10. The lowest BCUT2D eigenvalue weighted by atomic mass is 9.99. The molecule has 1 aromatic heterocycles. The molecule has 2 nitrogen and oxygen atoms in total. The molecular weight excluding hydrogens is 378 g/mol. The number of aromatic nitrogens is 2. The highest BCUT2D eigenvalue weighted by Crippen LogP contribution is 2.28. The molecular formula is C26H30F2N2. The van der Waals surface area contributed by atoms with Gasteiger partial charge in [0.1, 0.15) is 0 Å². The lowest BCUT2D eigenvalue weighted by Crippen LogP contribution is -1.97. The molecule has 0 spiro atoms. The van der Waals surface area contributed by atoms with Gasteiger partial charge in [0.2, 0.25) is 0 Å². The van der Waals surface area contributed by atoms with E-state index in [4.69, 9.17) is 0 Å². The molecule has 3 aromatic rings. The SMILES string of the molecule is CCCCCCCc1cnc(-c2ccc(-c3ccc(CCC)c(F)c3F)cc2)nc1. The first-order valence-corrected chi connectivity index (χ1v) is 11.0. The average molecular weight is 409 g/mol. The summed E-state index contributed by atoms with van der Waals surface area (Å²) in [5.41, 5.74) is 3.35. The lowest BCUT2D eigenvalue weighted by molar-refractivity contribution is 0.500. The number of unbranched alkanes of at least 4 members (excludes halogenated alkanes) is 4. The third-order valence-electron chi connectivity index (χ3n) is 5.41. The maximum absolute atomic E-state index is 14.5. The smallest absolute Gasteiger partial charge is 0.166 e. The Hall–Kier alpha value is -2.62. The van der Waals surface area contributed by atoms with E-state index in [1.165, 1.54) is 25.7 Å². The van der Waals surface area contributed by atoms with Gasteiger partial charge in [0.05, 0.1) is 0 Å². The van der Waals surface area contributed by atoms with Crippen molar-refractivity contribution < 1.29 is 8.78 Å². The fourth-order valence-corrected chi connectivity index (χ4v) is 3.64. The van der Waals surface area contributed by atoms with Crippen LogP contribution in [-0.4, -0.2) is 9.97 Å². The van der Waals surface area contributed by atoms with Crippen LogP contribution in [0, 0.1) is 11.6 Å². The number of hydrogen-bond acceptors (Lipinski definition) is 2. The van der Waals surface area contributed by atoms with Crippen LogP contribution in [0.15, 0.2) is 48.8 Å². The van der Waals surface area contributed by atoms with Crippen LogP contribution in [0.3, 0.4) is 0 Å². The summed E-state index contributed by atoms with van der Waals surface area (Å²) in [5.74, 6) is -0.887. The summed E-state index contributed by atoms with van der Waals surface area (Å²) < 4.78 is 28.8. The molecule has 0 fully saturated rings. The van der Waals surface area contributed by atoms with E-state index in [0.717, 1.165) is 30.4 Å². The fourth-order valence-electron chi connectivity index (χ4n) is 3.64. The standard InChI is InChI=1S/C26H30F2N2/c1-3-5-6-7-8-10-19-17-29-26(30-18-19)22-13-11-20(12-14-22)23-16-15-21(9-4-2)24(27)25(23)28/h11-18H,3-10H2,1-2H3. The normalized spacial score (nSPS) is 11.1. The van der Waals surface area contributed by atoms with Crippen molar-refractivity contribution in [1.82, 2.24) is 9.97 Å². The maximum atomic E-state index is 14.5. The Bertz CT molecular complexity index is 934. The highest BCUT2D eigenvalue weighted by Gasteiger charge is 2.14. The van der Waals surface area contributed by atoms with Gasteiger partial charge in [0.15, 0.2) is 17.5 Å². The van der Waals surface area contributed by atoms with Gasteiger partial charge < -0.3 is 0 Å². The van der Waals surface area contributed by atoms with Gasteiger partial charge >= 0.3 is 0 Å². The van der Waals surface area contributed by atoms with Crippen LogP contribution in [0.5, 0.6) is 0 Å². The predicted molar refractivity (Wildman–Crippen MR) is 119 cm³/mol. The first kappa shape index (κ1) is 22.1. The van der Waals surface area contributed by atoms with E-state index in [1.54, 1.807) is 24.3 Å². The van der Waals surface area contributed by atoms with Crippen molar-refractivity contribution >= 4 is 0 Å². The monoisotopic (exact) mass is 408 g/mol. The number of aryl methyl sites for hydroxylation is 2. The molecule has 1 heterocycles. The number of hydrogen-bond donors (Lipinski definition) is 0. The summed E-state index contributed by atoms with van der Waals surface area (Å²) in [6.45, 7) is 4.17. The molecule has 0 N–H and O–H groups in total. The summed E-state index contributed by atoms with van der Waals surface area (Å²) >= 11 is 0. The first-order chi connectivity index (χ1) is 14.6. The Balaban J connectivity index is 1.68. The van der Waals surface area contributed by atoms with Gasteiger partial charge in [-0.05, 0) is 36.0 Å². The molecule has 0 radical (unpaired) electrons. The third-order valence-corrected chi connectivity index (χ3v) is 5.41. The summed E-state index contributed by atoms with van der Waals surface area (Å²) in [4.78, 5) is 8.97. The van der Waals surface area contributed by atoms with Gasteiger partial charge in [-0.1, -0.05) is 82.3 Å². The van der Waals surface area contributed by atoms with E-state index in [-0.39, 0.29) is 5.56 Å². The van der Waals surface area contributed by atoms with Gasteiger partial charge in [-0.2, -0.15) is 0 Å². The molecule has 4 heteroatoms. The fraction of sp³-hybridized carbons (Fsp3) is 0.385. The second kappa shape index (κ2) is 11.0. The molecule has 0 bridgehead atoms. The van der Waals surface area contributed by atoms with Crippen molar-refractivity contribution in [2.75, 3.05) is 0 Å². The molecule has 0 saturated heterocycles. The van der Waals surface area contributed by atoms with E-state index in [0.29, 0.717) is 23.4 Å². The molecule has 0 aliphatic rings. The van der Waals surface area contributed by atoms with E-state index in [1.807, 2.05) is 31.5 Å². The highest BCUT2D eigenvalue weighted by atomic mass is 19.2. The largest absolute Gasteiger partial charge is 0.236 e. The zero-order valence-corrected chi connectivity index (χ0v) is 17.9. The minimum absolute atomic E-state index is 0.276. The third kappa shape index (κ3) is 5.50. The maximum Gasteiger partial charge on any atom is 0.166 e. The molecule has 0 aliphatic carbocycles. The van der Waals surface area contributed by atoms with Crippen molar-refractivity contribution in [3.8, 4) is 22.5 Å². The molecule has 158 valence electrons. The van der Waals surface area contributed by atoms with Crippen LogP contribution in [0.25, 0.3) is 22.5 Å². The van der Waals surface area contributed by atoms with Crippen molar-refractivity contribution in [2.24, 2.45) is 0 Å². The van der Waals surface area contributed by atoms with Crippen molar-refractivity contribution in [3.63, 3.8) is 0 Å². The van der Waals surface area contributed by atoms with Crippen LogP contribution in [-0.2, 0) is 12.8 Å². The molecule has 3 rings (SSSR count). The van der Waals surface area contributed by atoms with Crippen LogP contribution in [0.4, 0.5) is 8.78 Å². The summed E-state index contributed by atoms with van der Waals surface area (Å²) in [5, 5.41) is 0. The van der Waals surface area contributed by atoms with Crippen molar-refractivity contribution in [2.45, 2.75) is 65.2 Å². The number of halogens is 2. The minimum Gasteiger partial charge on any atom is -0.236 e. The van der Waals surface area contributed by atoms with Crippen LogP contribution in [0.2, 0.25) is 0 Å². The zero-order valence-electron chi connectivity index (χ0n) is 17.9. The summed E-state index contributed by atoms with van der Waals surface area (Å²) in [6, 6.07) is 10.6. The molecule has 2 aromatic carbocycles. The van der Waals surface area contributed by atoms with E-state index >= 15 is 0 Å². The Kier molecular flexibility index (Phi) is 8.06. The summed E-state index contributed by atoms with van der Waals surface area (Å²) in [7, 11) is 0. The van der Waals surface area contributed by atoms with Gasteiger partial charge in [-0.15, -0.1) is 0 Å². The van der Waals surface area contributed by atoms with E-state index in [9.17, 15) is 8.78 Å².